The summed E-state index contributed by atoms with van der Waals surface area (Å²) in [6.45, 7) is 0. The van der Waals surface area contributed by atoms with Crippen LogP contribution in [0.25, 0.3) is 0 Å². The van der Waals surface area contributed by atoms with E-state index in [4.69, 9.17) is 33.0 Å². The van der Waals surface area contributed by atoms with E-state index in [-0.39, 0.29) is 11.8 Å². The molecule has 0 aromatic heterocycles. The molecule has 160 valence electrons. The minimum Gasteiger partial charge on any atom is -0.497 e. The molecule has 0 N–H and O–H groups in total. The molecule has 1 saturated heterocycles. The molecule has 5 rings (SSSR count). The van der Waals surface area contributed by atoms with E-state index in [1.165, 1.54) is 0 Å². The average Bonchev–Trinajstić information content (AvgIpc) is 3.30. The van der Waals surface area contributed by atoms with Crippen LogP contribution < -0.4 is 14.6 Å². The summed E-state index contributed by atoms with van der Waals surface area (Å²) in [4.78, 5) is 28.3. The Morgan fingerprint density at radius 3 is 2.12 bits per heavy atom. The normalized spacial score (nSPS) is 19.9. The number of methoxy groups -OCH3 is 1. The van der Waals surface area contributed by atoms with Gasteiger partial charge in [-0.3, -0.25) is 14.6 Å². The van der Waals surface area contributed by atoms with E-state index in [1.54, 1.807) is 42.5 Å². The SMILES string of the molecule is COc1ccc(C2=NN(c3ccccc3)[C@H]3C(=O)N(c4cc(Cl)cc(Cl)c4)C(=O)[C@H]23)cc1. The van der Waals surface area contributed by atoms with E-state index in [1.807, 2.05) is 42.5 Å². The quantitative estimate of drug-likeness (QED) is 0.519. The smallest absolute Gasteiger partial charge is 0.259 e. The first-order valence-electron chi connectivity index (χ1n) is 9.89. The van der Waals surface area contributed by atoms with Gasteiger partial charge in [-0.05, 0) is 60.2 Å². The topological polar surface area (TPSA) is 62.2 Å². The van der Waals surface area contributed by atoms with Crippen LogP contribution in [0.1, 0.15) is 5.56 Å². The second kappa shape index (κ2) is 7.97. The molecule has 0 aliphatic carbocycles. The van der Waals surface area contributed by atoms with E-state index in [0.29, 0.717) is 27.2 Å². The fraction of sp³-hybridized carbons (Fsp3) is 0.125. The molecule has 0 bridgehead atoms. The number of hydrogen-bond donors (Lipinski definition) is 0. The van der Waals surface area contributed by atoms with Crippen LogP contribution in [0.5, 0.6) is 5.75 Å². The van der Waals surface area contributed by atoms with Crippen molar-refractivity contribution in [3.05, 3.63) is 88.4 Å². The number of hydrazone groups is 1. The summed E-state index contributed by atoms with van der Waals surface area (Å²) in [5.74, 6) is -0.831. The van der Waals surface area contributed by atoms with Crippen molar-refractivity contribution in [1.82, 2.24) is 0 Å². The third-order valence-corrected chi connectivity index (χ3v) is 6.00. The number of ether oxygens (including phenoxy) is 1. The molecule has 1 fully saturated rings. The van der Waals surface area contributed by atoms with Crippen molar-refractivity contribution in [1.29, 1.82) is 0 Å². The van der Waals surface area contributed by atoms with E-state index in [9.17, 15) is 9.59 Å². The number of para-hydroxylation sites is 1. The fourth-order valence-corrected chi connectivity index (χ4v) is 4.65. The van der Waals surface area contributed by atoms with Crippen molar-refractivity contribution >= 4 is 52.1 Å². The molecule has 0 radical (unpaired) electrons. The Balaban J connectivity index is 1.63. The van der Waals surface area contributed by atoms with Crippen LogP contribution in [0, 0.1) is 5.92 Å². The number of carbonyl (C=O) groups excluding carboxylic acids is 2. The molecular weight excluding hydrogens is 449 g/mol. The summed E-state index contributed by atoms with van der Waals surface area (Å²) >= 11 is 12.3. The van der Waals surface area contributed by atoms with Crippen molar-refractivity contribution in [2.75, 3.05) is 17.0 Å². The minimum atomic E-state index is -0.806. The highest BCUT2D eigenvalue weighted by molar-refractivity contribution is 6.37. The molecule has 6 nitrogen and oxygen atoms in total. The Kier molecular flexibility index (Phi) is 5.12. The van der Waals surface area contributed by atoms with Gasteiger partial charge in [0.05, 0.1) is 24.2 Å². The predicted octanol–water partition coefficient (Wildman–Crippen LogP) is 4.78. The zero-order valence-electron chi connectivity index (χ0n) is 16.9. The molecule has 0 unspecified atom stereocenters. The molecule has 2 aliphatic rings. The van der Waals surface area contributed by atoms with Gasteiger partial charge in [0.25, 0.3) is 5.91 Å². The van der Waals surface area contributed by atoms with E-state index < -0.39 is 12.0 Å². The van der Waals surface area contributed by atoms with Crippen LogP contribution in [0.2, 0.25) is 10.0 Å². The molecule has 32 heavy (non-hydrogen) atoms. The Morgan fingerprint density at radius 1 is 0.844 bits per heavy atom. The molecule has 8 heteroatoms. The van der Waals surface area contributed by atoms with Gasteiger partial charge in [-0.2, -0.15) is 5.10 Å². The molecule has 3 aromatic rings. The number of anilines is 2. The molecule has 0 spiro atoms. The van der Waals surface area contributed by atoms with Crippen LogP contribution in [-0.4, -0.2) is 30.7 Å². The van der Waals surface area contributed by atoms with E-state index >= 15 is 0 Å². The van der Waals surface area contributed by atoms with E-state index in [0.717, 1.165) is 16.2 Å². The van der Waals surface area contributed by atoms with Crippen molar-refractivity contribution in [2.45, 2.75) is 6.04 Å². The number of amides is 2. The van der Waals surface area contributed by atoms with Crippen molar-refractivity contribution < 1.29 is 14.3 Å². The summed E-state index contributed by atoms with van der Waals surface area (Å²) in [7, 11) is 1.59. The maximum Gasteiger partial charge on any atom is 0.259 e. The summed E-state index contributed by atoms with van der Waals surface area (Å²) in [6, 6.07) is 20.4. The van der Waals surface area contributed by atoms with Gasteiger partial charge in [0.1, 0.15) is 17.7 Å². The highest BCUT2D eigenvalue weighted by atomic mass is 35.5. The van der Waals surface area contributed by atoms with Gasteiger partial charge < -0.3 is 4.74 Å². The van der Waals surface area contributed by atoms with Gasteiger partial charge in [0.15, 0.2) is 0 Å². The fourth-order valence-electron chi connectivity index (χ4n) is 4.13. The lowest BCUT2D eigenvalue weighted by molar-refractivity contribution is -0.121. The van der Waals surface area contributed by atoms with Gasteiger partial charge in [-0.1, -0.05) is 41.4 Å². The standard InChI is InChI=1S/C24H17Cl2N3O3/c1-32-19-9-7-14(8-10-19)21-20-22(29(27-21)17-5-3-2-4-6-17)24(31)28(23(20)30)18-12-15(25)11-16(26)13-18/h2-13,20,22H,1H3/t20-,22-/m1/s1. The monoisotopic (exact) mass is 465 g/mol. The van der Waals surface area contributed by atoms with Crippen molar-refractivity contribution in [2.24, 2.45) is 11.0 Å². The lowest BCUT2D eigenvalue weighted by Gasteiger charge is -2.22. The first-order chi connectivity index (χ1) is 15.5. The Labute approximate surface area is 194 Å². The first-order valence-corrected chi connectivity index (χ1v) is 10.6. The third kappa shape index (κ3) is 3.32. The lowest BCUT2D eigenvalue weighted by Crippen LogP contribution is -2.39. The first kappa shape index (κ1) is 20.5. The molecule has 2 atom stereocenters. The molecule has 3 aromatic carbocycles. The second-order valence-corrected chi connectivity index (χ2v) is 8.33. The van der Waals surface area contributed by atoms with Crippen LogP contribution in [0.15, 0.2) is 77.9 Å². The average molecular weight is 466 g/mol. The van der Waals surface area contributed by atoms with Crippen LogP contribution in [0.3, 0.4) is 0 Å². The molecule has 0 saturated carbocycles. The maximum atomic E-state index is 13.6. The number of benzene rings is 3. The predicted molar refractivity (Wildman–Crippen MR) is 125 cm³/mol. The zero-order chi connectivity index (χ0) is 22.4. The number of carbonyl (C=O) groups is 2. The van der Waals surface area contributed by atoms with Gasteiger partial charge in [-0.25, -0.2) is 4.90 Å². The van der Waals surface area contributed by atoms with Crippen LogP contribution in [0.4, 0.5) is 11.4 Å². The largest absolute Gasteiger partial charge is 0.497 e. The summed E-state index contributed by atoms with van der Waals surface area (Å²) in [6.07, 6.45) is 0. The summed E-state index contributed by atoms with van der Waals surface area (Å²) in [5.41, 5.74) is 2.33. The molecule has 2 amide bonds. The zero-order valence-corrected chi connectivity index (χ0v) is 18.4. The minimum absolute atomic E-state index is 0.342. The van der Waals surface area contributed by atoms with Crippen LogP contribution in [-0.2, 0) is 9.59 Å². The Bertz CT molecular complexity index is 1220. The van der Waals surface area contributed by atoms with Gasteiger partial charge in [0, 0.05) is 10.0 Å². The van der Waals surface area contributed by atoms with Crippen molar-refractivity contribution in [3.63, 3.8) is 0 Å². The maximum absolute atomic E-state index is 13.6. The van der Waals surface area contributed by atoms with E-state index in [2.05, 4.69) is 0 Å². The summed E-state index contributed by atoms with van der Waals surface area (Å²) in [5, 5.41) is 7.03. The second-order valence-electron chi connectivity index (χ2n) is 7.46. The highest BCUT2D eigenvalue weighted by Crippen LogP contribution is 2.40. The molecular formula is C24H17Cl2N3O3. The lowest BCUT2D eigenvalue weighted by atomic mass is 9.93. The van der Waals surface area contributed by atoms with Gasteiger partial charge >= 0.3 is 0 Å². The third-order valence-electron chi connectivity index (χ3n) is 5.56. The number of fused-ring (bicyclic) bond motifs is 1. The molecule has 2 aliphatic heterocycles. The number of rotatable bonds is 4. The molecule has 2 heterocycles. The number of nitrogens with zero attached hydrogens (tertiary/aromatic N) is 3. The Hall–Kier alpha value is -3.35. The number of imide groups is 1. The summed E-state index contributed by atoms with van der Waals surface area (Å²) < 4.78 is 5.24. The van der Waals surface area contributed by atoms with Gasteiger partial charge in [0.2, 0.25) is 5.91 Å². The number of hydrogen-bond acceptors (Lipinski definition) is 5. The van der Waals surface area contributed by atoms with Gasteiger partial charge in [-0.15, -0.1) is 0 Å². The van der Waals surface area contributed by atoms with Crippen molar-refractivity contribution in [3.8, 4) is 5.75 Å². The number of halogens is 2. The highest BCUT2D eigenvalue weighted by Gasteiger charge is 2.57. The van der Waals surface area contributed by atoms with Crippen LogP contribution >= 0.6 is 23.2 Å². The Morgan fingerprint density at radius 2 is 1.50 bits per heavy atom.